The van der Waals surface area contributed by atoms with Gasteiger partial charge in [-0.3, -0.25) is 9.59 Å². The predicted octanol–water partition coefficient (Wildman–Crippen LogP) is 1.71. The smallest absolute Gasteiger partial charge is 0.310 e. The van der Waals surface area contributed by atoms with Crippen LogP contribution in [-0.4, -0.2) is 50.7 Å². The zero-order valence-electron chi connectivity index (χ0n) is 12.8. The highest BCUT2D eigenvalue weighted by Gasteiger charge is 2.21. The second-order valence-electron chi connectivity index (χ2n) is 5.21. The lowest BCUT2D eigenvalue weighted by molar-refractivity contribution is -0.146. The zero-order valence-corrected chi connectivity index (χ0v) is 12.8. The van der Waals surface area contributed by atoms with Crippen LogP contribution in [0, 0.1) is 11.8 Å². The molecule has 0 bridgehead atoms. The van der Waals surface area contributed by atoms with Gasteiger partial charge in [0.2, 0.25) is 5.91 Å². The second-order valence-corrected chi connectivity index (χ2v) is 5.21. The van der Waals surface area contributed by atoms with Crippen molar-refractivity contribution >= 4 is 11.9 Å². The minimum atomic E-state index is -0.302. The molecule has 5 heteroatoms. The van der Waals surface area contributed by atoms with Gasteiger partial charge in [0, 0.05) is 33.2 Å². The number of carbonyl (C=O) groups is 2. The monoisotopic (exact) mass is 273 g/mol. The fourth-order valence-corrected chi connectivity index (χ4v) is 1.80. The van der Waals surface area contributed by atoms with Crippen LogP contribution in [0.2, 0.25) is 0 Å². The van der Waals surface area contributed by atoms with Gasteiger partial charge in [-0.2, -0.15) is 0 Å². The third-order valence-corrected chi connectivity index (χ3v) is 2.81. The standard InChI is InChI=1S/C14H27NO4/c1-11(2)9-13(16)15(7-6-8-18-4)10-12(3)14(17)19-5/h11-12H,6-10H2,1-5H3. The average Bonchev–Trinajstić information content (AvgIpc) is 2.35. The first-order valence-electron chi connectivity index (χ1n) is 6.76. The summed E-state index contributed by atoms with van der Waals surface area (Å²) in [5, 5.41) is 0. The van der Waals surface area contributed by atoms with E-state index in [-0.39, 0.29) is 17.8 Å². The zero-order chi connectivity index (χ0) is 14.8. The topological polar surface area (TPSA) is 55.8 Å². The van der Waals surface area contributed by atoms with Crippen LogP contribution in [0.25, 0.3) is 0 Å². The van der Waals surface area contributed by atoms with E-state index in [4.69, 9.17) is 9.47 Å². The van der Waals surface area contributed by atoms with Crippen molar-refractivity contribution in [3.63, 3.8) is 0 Å². The summed E-state index contributed by atoms with van der Waals surface area (Å²) in [6, 6.07) is 0. The van der Waals surface area contributed by atoms with Gasteiger partial charge in [-0.1, -0.05) is 20.8 Å². The molecule has 0 aromatic rings. The Hall–Kier alpha value is -1.10. The highest BCUT2D eigenvalue weighted by Crippen LogP contribution is 2.09. The molecule has 0 N–H and O–H groups in total. The molecule has 0 aromatic heterocycles. The molecule has 0 spiro atoms. The number of rotatable bonds is 9. The van der Waals surface area contributed by atoms with E-state index in [2.05, 4.69) is 0 Å². The molecule has 0 fully saturated rings. The summed E-state index contributed by atoms with van der Waals surface area (Å²) in [6.45, 7) is 7.42. The highest BCUT2D eigenvalue weighted by atomic mass is 16.5. The number of hydrogen-bond donors (Lipinski definition) is 0. The minimum Gasteiger partial charge on any atom is -0.469 e. The van der Waals surface area contributed by atoms with Gasteiger partial charge < -0.3 is 14.4 Å². The molecular weight excluding hydrogens is 246 g/mol. The molecule has 0 aliphatic carbocycles. The van der Waals surface area contributed by atoms with E-state index < -0.39 is 0 Å². The molecule has 0 heterocycles. The largest absolute Gasteiger partial charge is 0.469 e. The second kappa shape index (κ2) is 9.78. The lowest BCUT2D eigenvalue weighted by atomic mass is 10.1. The Balaban J connectivity index is 4.47. The third-order valence-electron chi connectivity index (χ3n) is 2.81. The van der Waals surface area contributed by atoms with Crippen LogP contribution in [0.15, 0.2) is 0 Å². The van der Waals surface area contributed by atoms with Crippen LogP contribution in [0.5, 0.6) is 0 Å². The van der Waals surface area contributed by atoms with E-state index in [9.17, 15) is 9.59 Å². The number of nitrogens with zero attached hydrogens (tertiary/aromatic N) is 1. The maximum absolute atomic E-state index is 12.1. The molecular formula is C14H27NO4. The molecule has 1 unspecified atom stereocenters. The van der Waals surface area contributed by atoms with Gasteiger partial charge in [0.05, 0.1) is 13.0 Å². The van der Waals surface area contributed by atoms with Crippen LogP contribution >= 0.6 is 0 Å². The summed E-state index contributed by atoms with van der Waals surface area (Å²) in [7, 11) is 3.00. The van der Waals surface area contributed by atoms with Gasteiger partial charge in [0.15, 0.2) is 0 Å². The highest BCUT2D eigenvalue weighted by molar-refractivity contribution is 5.78. The van der Waals surface area contributed by atoms with Crippen molar-refractivity contribution in [3.8, 4) is 0 Å². The van der Waals surface area contributed by atoms with Crippen molar-refractivity contribution < 1.29 is 19.1 Å². The fourth-order valence-electron chi connectivity index (χ4n) is 1.80. The molecule has 0 aromatic carbocycles. The van der Waals surface area contributed by atoms with Gasteiger partial charge >= 0.3 is 5.97 Å². The van der Waals surface area contributed by atoms with Gasteiger partial charge in [-0.25, -0.2) is 0 Å². The molecule has 0 saturated carbocycles. The van der Waals surface area contributed by atoms with E-state index >= 15 is 0 Å². The van der Waals surface area contributed by atoms with Crippen LogP contribution in [0.4, 0.5) is 0 Å². The van der Waals surface area contributed by atoms with Crippen molar-refractivity contribution in [2.75, 3.05) is 33.9 Å². The first-order chi connectivity index (χ1) is 8.92. The minimum absolute atomic E-state index is 0.0851. The molecule has 0 rings (SSSR count). The number of ether oxygens (including phenoxy) is 2. The van der Waals surface area contributed by atoms with Gasteiger partial charge in [0.1, 0.15) is 0 Å². The van der Waals surface area contributed by atoms with Crippen molar-refractivity contribution in [1.82, 2.24) is 4.90 Å². The molecule has 112 valence electrons. The Morgan fingerprint density at radius 3 is 2.26 bits per heavy atom. The van der Waals surface area contributed by atoms with Crippen LogP contribution in [0.3, 0.4) is 0 Å². The first-order valence-corrected chi connectivity index (χ1v) is 6.76. The maximum atomic E-state index is 12.1. The van der Waals surface area contributed by atoms with Crippen molar-refractivity contribution in [3.05, 3.63) is 0 Å². The number of hydrogen-bond acceptors (Lipinski definition) is 4. The molecule has 0 saturated heterocycles. The number of amides is 1. The maximum Gasteiger partial charge on any atom is 0.310 e. The Morgan fingerprint density at radius 1 is 1.16 bits per heavy atom. The summed E-state index contributed by atoms with van der Waals surface area (Å²) < 4.78 is 9.69. The van der Waals surface area contributed by atoms with Gasteiger partial charge in [0.25, 0.3) is 0 Å². The Bertz CT molecular complexity index is 279. The molecule has 5 nitrogen and oxygen atoms in total. The molecule has 0 aliphatic rings. The fraction of sp³-hybridized carbons (Fsp3) is 0.857. The van der Waals surface area contributed by atoms with Crippen molar-refractivity contribution in [2.45, 2.75) is 33.6 Å². The number of carbonyl (C=O) groups excluding carboxylic acids is 2. The number of esters is 1. The predicted molar refractivity (Wildman–Crippen MR) is 73.7 cm³/mol. The van der Waals surface area contributed by atoms with E-state index in [0.29, 0.717) is 32.0 Å². The van der Waals surface area contributed by atoms with E-state index in [1.165, 1.54) is 7.11 Å². The first kappa shape index (κ1) is 17.9. The van der Waals surface area contributed by atoms with Gasteiger partial charge in [-0.15, -0.1) is 0 Å². The molecule has 0 radical (unpaired) electrons. The summed E-state index contributed by atoms with van der Waals surface area (Å²) in [4.78, 5) is 25.3. The molecule has 1 atom stereocenters. The lowest BCUT2D eigenvalue weighted by Crippen LogP contribution is -2.38. The summed E-state index contributed by atoms with van der Waals surface area (Å²) in [5.41, 5.74) is 0. The normalized spacial score (nSPS) is 12.3. The van der Waals surface area contributed by atoms with Crippen molar-refractivity contribution in [2.24, 2.45) is 11.8 Å². The van der Waals surface area contributed by atoms with E-state index in [0.717, 1.165) is 6.42 Å². The van der Waals surface area contributed by atoms with Crippen LogP contribution in [0.1, 0.15) is 33.6 Å². The van der Waals surface area contributed by atoms with E-state index in [1.807, 2.05) is 13.8 Å². The van der Waals surface area contributed by atoms with Crippen molar-refractivity contribution in [1.29, 1.82) is 0 Å². The van der Waals surface area contributed by atoms with E-state index in [1.54, 1.807) is 18.9 Å². The summed E-state index contributed by atoms with van der Waals surface area (Å²) in [5.74, 6) is -0.189. The van der Waals surface area contributed by atoms with Gasteiger partial charge in [-0.05, 0) is 12.3 Å². The Kier molecular flexibility index (Phi) is 9.21. The number of methoxy groups -OCH3 is 2. The lowest BCUT2D eigenvalue weighted by Gasteiger charge is -2.25. The Morgan fingerprint density at radius 2 is 1.79 bits per heavy atom. The van der Waals surface area contributed by atoms with Crippen LogP contribution in [-0.2, 0) is 19.1 Å². The Labute approximate surface area is 116 Å². The molecule has 1 amide bonds. The summed E-state index contributed by atoms with van der Waals surface area (Å²) >= 11 is 0. The molecule has 19 heavy (non-hydrogen) atoms. The van der Waals surface area contributed by atoms with Crippen LogP contribution < -0.4 is 0 Å². The average molecular weight is 273 g/mol. The quantitative estimate of drug-likeness (QED) is 0.474. The summed E-state index contributed by atoms with van der Waals surface area (Å²) in [6.07, 6.45) is 1.27. The molecule has 0 aliphatic heterocycles. The third kappa shape index (κ3) is 7.82. The SMILES string of the molecule is COCCCN(CC(C)C(=O)OC)C(=O)CC(C)C.